The van der Waals surface area contributed by atoms with Crippen LogP contribution in [-0.4, -0.2) is 50.9 Å². The number of nitrogens with zero attached hydrogens (tertiary/aromatic N) is 1. The van der Waals surface area contributed by atoms with E-state index in [0.717, 1.165) is 42.7 Å². The van der Waals surface area contributed by atoms with Crippen LogP contribution >= 0.6 is 11.3 Å². The molecule has 0 radical (unpaired) electrons. The van der Waals surface area contributed by atoms with Gasteiger partial charge in [-0.25, -0.2) is 0 Å². The van der Waals surface area contributed by atoms with Crippen molar-refractivity contribution in [1.29, 1.82) is 0 Å². The summed E-state index contributed by atoms with van der Waals surface area (Å²) in [4.78, 5) is 15.1. The molecule has 3 aromatic rings. The quantitative estimate of drug-likeness (QED) is 0.298. The summed E-state index contributed by atoms with van der Waals surface area (Å²) in [6, 6.07) is 15.7. The van der Waals surface area contributed by atoms with Crippen LogP contribution in [0.2, 0.25) is 0 Å². The van der Waals surface area contributed by atoms with E-state index in [0.29, 0.717) is 31.2 Å². The number of carbonyl (C=O) groups is 1. The van der Waals surface area contributed by atoms with Crippen molar-refractivity contribution >= 4 is 23.3 Å². The maximum absolute atomic E-state index is 13.3. The fourth-order valence-corrected chi connectivity index (χ4v) is 4.87. The van der Waals surface area contributed by atoms with Crippen molar-refractivity contribution in [2.45, 2.75) is 31.9 Å². The van der Waals surface area contributed by atoms with Gasteiger partial charge in [-0.2, -0.15) is 11.3 Å². The summed E-state index contributed by atoms with van der Waals surface area (Å²) in [5.41, 5.74) is 3.17. The van der Waals surface area contributed by atoms with E-state index in [9.17, 15) is 4.79 Å². The third-order valence-electron chi connectivity index (χ3n) is 6.10. The van der Waals surface area contributed by atoms with Gasteiger partial charge in [0.2, 0.25) is 5.91 Å². The zero-order chi connectivity index (χ0) is 25.2. The molecule has 0 saturated carbocycles. The lowest BCUT2D eigenvalue weighted by molar-refractivity contribution is -0.128. The molecule has 190 valence electrons. The fourth-order valence-electron chi connectivity index (χ4n) is 4.17. The van der Waals surface area contributed by atoms with Crippen molar-refractivity contribution < 1.29 is 23.7 Å². The first kappa shape index (κ1) is 25.8. The molecule has 1 atom stereocenters. The third-order valence-corrected chi connectivity index (χ3v) is 6.83. The lowest BCUT2D eigenvalue weighted by Crippen LogP contribution is -2.35. The average Bonchev–Trinajstić information content (AvgIpc) is 3.61. The van der Waals surface area contributed by atoms with Crippen LogP contribution in [0, 0.1) is 0 Å². The number of thiophene rings is 1. The van der Waals surface area contributed by atoms with E-state index in [-0.39, 0.29) is 12.0 Å². The van der Waals surface area contributed by atoms with Gasteiger partial charge in [0.15, 0.2) is 11.5 Å². The largest absolute Gasteiger partial charge is 0.493 e. The number of ether oxygens (including phenoxy) is 4. The molecule has 0 N–H and O–H groups in total. The highest BCUT2D eigenvalue weighted by molar-refractivity contribution is 7.07. The van der Waals surface area contributed by atoms with E-state index >= 15 is 0 Å². The molecule has 1 unspecified atom stereocenters. The SMILES string of the molecule is COc1ccc(/C=C/C(=O)N(Cc2cccc(OCCc3ccsc3)c2)CC2CCCO2)cc1OC. The molecular weight excluding hydrogens is 474 g/mol. The summed E-state index contributed by atoms with van der Waals surface area (Å²) in [7, 11) is 3.20. The number of rotatable bonds is 12. The molecule has 6 nitrogen and oxygen atoms in total. The highest BCUT2D eigenvalue weighted by atomic mass is 32.1. The van der Waals surface area contributed by atoms with Crippen molar-refractivity contribution in [3.05, 3.63) is 82.1 Å². The zero-order valence-corrected chi connectivity index (χ0v) is 21.7. The molecule has 4 rings (SSSR count). The first-order valence-corrected chi connectivity index (χ1v) is 13.1. The summed E-state index contributed by atoms with van der Waals surface area (Å²) in [5.74, 6) is 2.02. The van der Waals surface area contributed by atoms with Gasteiger partial charge in [-0.05, 0) is 76.7 Å². The second-order valence-electron chi connectivity index (χ2n) is 8.68. The van der Waals surface area contributed by atoms with E-state index < -0.39 is 0 Å². The van der Waals surface area contributed by atoms with Crippen molar-refractivity contribution in [3.8, 4) is 17.2 Å². The van der Waals surface area contributed by atoms with Gasteiger partial charge >= 0.3 is 0 Å². The molecule has 2 heterocycles. The Balaban J connectivity index is 1.43. The minimum atomic E-state index is -0.0657. The first-order valence-electron chi connectivity index (χ1n) is 12.2. The van der Waals surface area contributed by atoms with Gasteiger partial charge in [0.05, 0.1) is 26.9 Å². The molecule has 1 aliphatic heterocycles. The van der Waals surface area contributed by atoms with Crippen LogP contribution in [0.3, 0.4) is 0 Å². The van der Waals surface area contributed by atoms with E-state index in [4.69, 9.17) is 18.9 Å². The van der Waals surface area contributed by atoms with Crippen LogP contribution in [0.5, 0.6) is 17.2 Å². The van der Waals surface area contributed by atoms with E-state index in [1.54, 1.807) is 37.7 Å². The average molecular weight is 508 g/mol. The number of hydrogen-bond acceptors (Lipinski definition) is 6. The summed E-state index contributed by atoms with van der Waals surface area (Å²) < 4.78 is 22.5. The predicted octanol–water partition coefficient (Wildman–Crippen LogP) is 5.61. The molecule has 1 amide bonds. The van der Waals surface area contributed by atoms with Crippen LogP contribution in [-0.2, 0) is 22.5 Å². The van der Waals surface area contributed by atoms with Crippen LogP contribution in [0.25, 0.3) is 6.08 Å². The Labute approximate surface area is 217 Å². The topological polar surface area (TPSA) is 57.2 Å². The van der Waals surface area contributed by atoms with Crippen LogP contribution in [0.15, 0.2) is 65.4 Å². The minimum absolute atomic E-state index is 0.0634. The second-order valence-corrected chi connectivity index (χ2v) is 9.46. The summed E-state index contributed by atoms with van der Waals surface area (Å²) in [6.45, 7) is 2.41. The highest BCUT2D eigenvalue weighted by Crippen LogP contribution is 2.28. The normalized spacial score (nSPS) is 15.2. The van der Waals surface area contributed by atoms with Gasteiger partial charge in [-0.1, -0.05) is 18.2 Å². The van der Waals surface area contributed by atoms with Gasteiger partial charge in [-0.15, -0.1) is 0 Å². The Morgan fingerprint density at radius 3 is 2.75 bits per heavy atom. The second kappa shape index (κ2) is 13.1. The van der Waals surface area contributed by atoms with Gasteiger partial charge < -0.3 is 23.8 Å². The number of amides is 1. The molecule has 36 heavy (non-hydrogen) atoms. The highest BCUT2D eigenvalue weighted by Gasteiger charge is 2.22. The number of hydrogen-bond donors (Lipinski definition) is 0. The molecule has 1 fully saturated rings. The summed E-state index contributed by atoms with van der Waals surface area (Å²) in [5, 5.41) is 4.22. The van der Waals surface area contributed by atoms with Crippen LogP contribution in [0.1, 0.15) is 29.5 Å². The Bertz CT molecular complexity index is 1140. The van der Waals surface area contributed by atoms with Crippen molar-refractivity contribution in [2.75, 3.05) is 34.0 Å². The van der Waals surface area contributed by atoms with Gasteiger partial charge in [-0.3, -0.25) is 4.79 Å². The van der Waals surface area contributed by atoms with Crippen molar-refractivity contribution in [1.82, 2.24) is 4.90 Å². The predicted molar refractivity (Wildman–Crippen MR) is 143 cm³/mol. The Kier molecular flexibility index (Phi) is 9.41. The molecule has 0 spiro atoms. The zero-order valence-electron chi connectivity index (χ0n) is 20.9. The van der Waals surface area contributed by atoms with Crippen molar-refractivity contribution in [3.63, 3.8) is 0 Å². The standard InChI is InChI=1S/C29H33NO5S/c1-32-27-10-8-22(18-28(27)33-2)9-11-29(31)30(20-26-7-4-14-34-26)19-24-5-3-6-25(17-24)35-15-12-23-13-16-36-21-23/h3,5-6,8-11,13,16-18,21,26H,4,7,12,14-15,19-20H2,1-2H3/b11-9+. The van der Waals surface area contributed by atoms with E-state index in [1.807, 2.05) is 47.4 Å². The maximum atomic E-state index is 13.3. The number of carbonyl (C=O) groups excluding carboxylic acids is 1. The molecule has 7 heteroatoms. The summed E-state index contributed by atoms with van der Waals surface area (Å²) >= 11 is 1.70. The molecule has 0 aliphatic carbocycles. The van der Waals surface area contributed by atoms with Gasteiger partial charge in [0.1, 0.15) is 5.75 Å². The van der Waals surface area contributed by atoms with Gasteiger partial charge in [0.25, 0.3) is 0 Å². The van der Waals surface area contributed by atoms with E-state index in [1.165, 1.54) is 5.56 Å². The number of methoxy groups -OCH3 is 2. The fraction of sp³-hybridized carbons (Fsp3) is 0.345. The smallest absolute Gasteiger partial charge is 0.246 e. The third kappa shape index (κ3) is 7.35. The molecule has 1 aromatic heterocycles. The van der Waals surface area contributed by atoms with Crippen molar-refractivity contribution in [2.24, 2.45) is 0 Å². The lowest BCUT2D eigenvalue weighted by Gasteiger charge is -2.24. The maximum Gasteiger partial charge on any atom is 0.246 e. The Morgan fingerprint density at radius 1 is 1.11 bits per heavy atom. The van der Waals surface area contributed by atoms with Gasteiger partial charge in [0, 0.05) is 32.2 Å². The Hall–Kier alpha value is -3.29. The lowest BCUT2D eigenvalue weighted by atomic mass is 10.1. The van der Waals surface area contributed by atoms with E-state index in [2.05, 4.69) is 16.8 Å². The Morgan fingerprint density at radius 2 is 2.00 bits per heavy atom. The monoisotopic (exact) mass is 507 g/mol. The molecular formula is C29H33NO5S. The number of benzene rings is 2. The van der Waals surface area contributed by atoms with Crippen LogP contribution < -0.4 is 14.2 Å². The molecule has 1 aliphatic rings. The molecule has 2 aromatic carbocycles. The summed E-state index contributed by atoms with van der Waals surface area (Å²) in [6.07, 6.45) is 6.34. The van der Waals surface area contributed by atoms with Crippen LogP contribution in [0.4, 0.5) is 0 Å². The first-order chi connectivity index (χ1) is 17.6. The molecule has 1 saturated heterocycles. The minimum Gasteiger partial charge on any atom is -0.493 e. The molecule has 0 bridgehead atoms.